The minimum atomic E-state index is -0.112. The number of benzene rings is 1. The molecule has 1 fully saturated rings. The first-order chi connectivity index (χ1) is 7.63. The maximum Gasteiger partial charge on any atom is 0.313 e. The molecular weight excluding hydrogens is 383 g/mol. The summed E-state index contributed by atoms with van der Waals surface area (Å²) in [5, 5.41) is 0. The van der Waals surface area contributed by atoms with Crippen LogP contribution in [-0.2, 0) is 9.53 Å². The average molecular weight is 395 g/mol. The highest BCUT2D eigenvalue weighted by Crippen LogP contribution is 2.44. The molecule has 4 heteroatoms. The normalized spacial score (nSPS) is 16.9. The summed E-state index contributed by atoms with van der Waals surface area (Å²) in [4.78, 5) is 11.8. The number of halogens is 2. The summed E-state index contributed by atoms with van der Waals surface area (Å²) in [6.07, 6.45) is 2.25. The molecule has 0 N–H and O–H groups in total. The van der Waals surface area contributed by atoms with Crippen LogP contribution >= 0.6 is 38.5 Å². The molecule has 86 valence electrons. The molecule has 2 rings (SSSR count). The Morgan fingerprint density at radius 3 is 2.81 bits per heavy atom. The number of hydrogen-bond donors (Lipinski definition) is 0. The van der Waals surface area contributed by atoms with Gasteiger partial charge in [-0.3, -0.25) is 4.79 Å². The van der Waals surface area contributed by atoms with Crippen LogP contribution in [0.15, 0.2) is 22.7 Å². The standard InChI is InChI=1S/C12H12BrIO2/c1-16-12(15)11(7-2-3-7)9-6-8(13)4-5-10(9)14/h4-7,11H,2-3H2,1H3. The van der Waals surface area contributed by atoms with Crippen LogP contribution in [0, 0.1) is 9.49 Å². The summed E-state index contributed by atoms with van der Waals surface area (Å²) in [6.45, 7) is 0. The Balaban J connectivity index is 2.37. The van der Waals surface area contributed by atoms with Gasteiger partial charge in [0.05, 0.1) is 13.0 Å². The molecule has 0 saturated heterocycles. The first kappa shape index (κ1) is 12.4. The molecule has 1 unspecified atom stereocenters. The first-order valence-electron chi connectivity index (χ1n) is 5.16. The van der Waals surface area contributed by atoms with Gasteiger partial charge in [-0.25, -0.2) is 0 Å². The molecule has 0 radical (unpaired) electrons. The van der Waals surface area contributed by atoms with Gasteiger partial charge in [0.25, 0.3) is 0 Å². The molecule has 16 heavy (non-hydrogen) atoms. The maximum atomic E-state index is 11.8. The summed E-state index contributed by atoms with van der Waals surface area (Å²) in [5.74, 6) is 0.267. The number of hydrogen-bond acceptors (Lipinski definition) is 2. The topological polar surface area (TPSA) is 26.3 Å². The molecule has 2 nitrogen and oxygen atoms in total. The van der Waals surface area contributed by atoms with Crippen LogP contribution in [0.25, 0.3) is 0 Å². The van der Waals surface area contributed by atoms with Gasteiger partial charge >= 0.3 is 5.97 Å². The molecule has 0 aromatic heterocycles. The van der Waals surface area contributed by atoms with Gasteiger partial charge in [0.15, 0.2) is 0 Å². The van der Waals surface area contributed by atoms with E-state index in [4.69, 9.17) is 4.74 Å². The quantitative estimate of drug-likeness (QED) is 0.576. The van der Waals surface area contributed by atoms with Gasteiger partial charge in [-0.1, -0.05) is 15.9 Å². The van der Waals surface area contributed by atoms with Gasteiger partial charge < -0.3 is 4.74 Å². The van der Waals surface area contributed by atoms with E-state index >= 15 is 0 Å². The monoisotopic (exact) mass is 394 g/mol. The molecule has 0 amide bonds. The van der Waals surface area contributed by atoms with Gasteiger partial charge in [-0.15, -0.1) is 0 Å². The Hall–Kier alpha value is -0.100. The second-order valence-electron chi connectivity index (χ2n) is 4.00. The molecule has 1 atom stereocenters. The van der Waals surface area contributed by atoms with Crippen LogP contribution in [-0.4, -0.2) is 13.1 Å². The van der Waals surface area contributed by atoms with E-state index in [1.54, 1.807) is 0 Å². The average Bonchev–Trinajstić information content (AvgIpc) is 3.07. The Bertz CT molecular complexity index is 415. The van der Waals surface area contributed by atoms with Crippen LogP contribution in [0.3, 0.4) is 0 Å². The van der Waals surface area contributed by atoms with Crippen LogP contribution in [0.4, 0.5) is 0 Å². The second kappa shape index (κ2) is 5.04. The van der Waals surface area contributed by atoms with E-state index in [-0.39, 0.29) is 11.9 Å². The van der Waals surface area contributed by atoms with E-state index in [2.05, 4.69) is 38.5 Å². The summed E-state index contributed by atoms with van der Waals surface area (Å²) in [5.41, 5.74) is 1.09. The lowest BCUT2D eigenvalue weighted by Crippen LogP contribution is -2.17. The number of methoxy groups -OCH3 is 1. The Kier molecular flexibility index (Phi) is 3.89. The zero-order valence-electron chi connectivity index (χ0n) is 8.87. The van der Waals surface area contributed by atoms with Gasteiger partial charge in [-0.05, 0) is 65.1 Å². The predicted molar refractivity (Wildman–Crippen MR) is 74.3 cm³/mol. The van der Waals surface area contributed by atoms with Crippen molar-refractivity contribution in [1.29, 1.82) is 0 Å². The lowest BCUT2D eigenvalue weighted by molar-refractivity contribution is -0.143. The lowest BCUT2D eigenvalue weighted by Gasteiger charge is -2.16. The molecule has 1 aliphatic carbocycles. The summed E-state index contributed by atoms with van der Waals surface area (Å²) >= 11 is 5.72. The number of esters is 1. The molecule has 1 aliphatic rings. The maximum absolute atomic E-state index is 11.8. The fraction of sp³-hybridized carbons (Fsp3) is 0.417. The molecule has 0 heterocycles. The minimum Gasteiger partial charge on any atom is -0.469 e. The number of carbonyl (C=O) groups is 1. The lowest BCUT2D eigenvalue weighted by atomic mass is 9.94. The van der Waals surface area contributed by atoms with Crippen molar-refractivity contribution in [3.8, 4) is 0 Å². The van der Waals surface area contributed by atoms with Gasteiger partial charge in [0.2, 0.25) is 0 Å². The molecule has 0 aliphatic heterocycles. The van der Waals surface area contributed by atoms with E-state index in [1.165, 1.54) is 7.11 Å². The van der Waals surface area contributed by atoms with Crippen molar-refractivity contribution in [3.05, 3.63) is 31.8 Å². The smallest absolute Gasteiger partial charge is 0.313 e. The van der Waals surface area contributed by atoms with Crippen LogP contribution in [0.1, 0.15) is 24.3 Å². The van der Waals surface area contributed by atoms with Crippen molar-refractivity contribution in [1.82, 2.24) is 0 Å². The highest BCUT2D eigenvalue weighted by Gasteiger charge is 2.39. The van der Waals surface area contributed by atoms with Crippen LogP contribution < -0.4 is 0 Å². The van der Waals surface area contributed by atoms with E-state index in [9.17, 15) is 4.79 Å². The van der Waals surface area contributed by atoms with Gasteiger partial charge in [0, 0.05) is 8.04 Å². The molecular formula is C12H12BrIO2. The molecule has 0 bridgehead atoms. The number of rotatable bonds is 3. The summed E-state index contributed by atoms with van der Waals surface area (Å²) < 4.78 is 7.04. The predicted octanol–water partition coefficient (Wildman–Crippen LogP) is 3.72. The van der Waals surface area contributed by atoms with Crippen molar-refractivity contribution in [2.45, 2.75) is 18.8 Å². The molecule has 0 spiro atoms. The SMILES string of the molecule is COC(=O)C(c1cc(Br)ccc1I)C1CC1. The highest BCUT2D eigenvalue weighted by molar-refractivity contribution is 14.1. The Morgan fingerprint density at radius 1 is 1.56 bits per heavy atom. The Morgan fingerprint density at radius 2 is 2.25 bits per heavy atom. The van der Waals surface area contributed by atoms with E-state index in [1.807, 2.05) is 18.2 Å². The highest BCUT2D eigenvalue weighted by atomic mass is 127. The first-order valence-corrected chi connectivity index (χ1v) is 7.03. The molecule has 1 saturated carbocycles. The fourth-order valence-electron chi connectivity index (χ4n) is 1.88. The van der Waals surface area contributed by atoms with E-state index in [0.29, 0.717) is 5.92 Å². The van der Waals surface area contributed by atoms with E-state index < -0.39 is 0 Å². The molecule has 1 aromatic rings. The third-order valence-corrected chi connectivity index (χ3v) is 4.32. The third kappa shape index (κ3) is 2.59. The third-order valence-electron chi connectivity index (χ3n) is 2.84. The Labute approximate surface area is 117 Å². The minimum absolute atomic E-state index is 0.0885. The van der Waals surface area contributed by atoms with Gasteiger partial charge in [0.1, 0.15) is 0 Å². The zero-order chi connectivity index (χ0) is 11.7. The fourth-order valence-corrected chi connectivity index (χ4v) is 2.93. The van der Waals surface area contributed by atoms with Crippen molar-refractivity contribution in [2.24, 2.45) is 5.92 Å². The zero-order valence-corrected chi connectivity index (χ0v) is 12.6. The molecule has 1 aromatic carbocycles. The van der Waals surface area contributed by atoms with Crippen molar-refractivity contribution >= 4 is 44.5 Å². The van der Waals surface area contributed by atoms with Gasteiger partial charge in [-0.2, -0.15) is 0 Å². The van der Waals surface area contributed by atoms with E-state index in [0.717, 1.165) is 26.4 Å². The summed E-state index contributed by atoms with van der Waals surface area (Å²) in [6, 6.07) is 6.05. The van der Waals surface area contributed by atoms with Crippen molar-refractivity contribution < 1.29 is 9.53 Å². The van der Waals surface area contributed by atoms with Crippen LogP contribution in [0.2, 0.25) is 0 Å². The van der Waals surface area contributed by atoms with Crippen molar-refractivity contribution in [3.63, 3.8) is 0 Å². The number of carbonyl (C=O) groups excluding carboxylic acids is 1. The number of ether oxygens (including phenoxy) is 1. The largest absolute Gasteiger partial charge is 0.469 e. The summed E-state index contributed by atoms with van der Waals surface area (Å²) in [7, 11) is 1.46. The van der Waals surface area contributed by atoms with Crippen molar-refractivity contribution in [2.75, 3.05) is 7.11 Å². The van der Waals surface area contributed by atoms with Crippen LogP contribution in [0.5, 0.6) is 0 Å². The second-order valence-corrected chi connectivity index (χ2v) is 6.08.